The van der Waals surface area contributed by atoms with Gasteiger partial charge in [-0.1, -0.05) is 6.07 Å². The third kappa shape index (κ3) is 3.88. The molecule has 0 aliphatic rings. The molecule has 32 heavy (non-hydrogen) atoms. The van der Waals surface area contributed by atoms with E-state index in [0.717, 1.165) is 27.9 Å². The number of benzene rings is 2. The fourth-order valence-corrected chi connectivity index (χ4v) is 3.41. The first-order valence-corrected chi connectivity index (χ1v) is 10.0. The predicted molar refractivity (Wildman–Crippen MR) is 120 cm³/mol. The van der Waals surface area contributed by atoms with Crippen molar-refractivity contribution >= 4 is 28.1 Å². The number of nitrogens with one attached hydrogen (secondary N) is 1. The molecule has 5 aromatic rings. The topological polar surface area (TPSA) is 107 Å². The Bertz CT molecular complexity index is 1400. The van der Waals surface area contributed by atoms with E-state index in [1.165, 1.54) is 12.7 Å². The number of hydrogen-bond donors (Lipinski definition) is 2. The number of fused-ring (bicyclic) bond motifs is 2. The highest BCUT2D eigenvalue weighted by atomic mass is 16.5. The Kier molecular flexibility index (Phi) is 5.22. The minimum atomic E-state index is -0.0719. The molecule has 0 amide bonds. The molecule has 0 unspecified atom stereocenters. The van der Waals surface area contributed by atoms with Crippen LogP contribution in [0.3, 0.4) is 0 Å². The van der Waals surface area contributed by atoms with Crippen LogP contribution in [0.1, 0.15) is 5.56 Å². The zero-order valence-corrected chi connectivity index (χ0v) is 17.3. The van der Waals surface area contributed by atoms with Gasteiger partial charge in [0.15, 0.2) is 5.65 Å². The summed E-state index contributed by atoms with van der Waals surface area (Å²) in [6.07, 6.45) is 4.81. The lowest BCUT2D eigenvalue weighted by molar-refractivity contribution is 0.203. The zero-order valence-electron chi connectivity index (χ0n) is 17.3. The number of aromatic nitrogens is 5. The van der Waals surface area contributed by atoms with E-state index in [1.54, 1.807) is 10.7 Å². The van der Waals surface area contributed by atoms with E-state index in [9.17, 15) is 0 Å². The SMILES string of the molecule is Cc1cc(Nc2ncnc3cccc(OCCO)c23)ccc1Oc1ccn2ncnc2c1. The first-order chi connectivity index (χ1) is 15.7. The fraction of sp³-hybridized carbons (Fsp3) is 0.130. The molecule has 0 saturated carbocycles. The van der Waals surface area contributed by atoms with E-state index < -0.39 is 0 Å². The van der Waals surface area contributed by atoms with Crippen LogP contribution < -0.4 is 14.8 Å². The van der Waals surface area contributed by atoms with Gasteiger partial charge < -0.3 is 19.9 Å². The Hall–Kier alpha value is -4.24. The fourth-order valence-electron chi connectivity index (χ4n) is 3.41. The summed E-state index contributed by atoms with van der Waals surface area (Å²) >= 11 is 0. The Morgan fingerprint density at radius 2 is 1.94 bits per heavy atom. The molecule has 160 valence electrons. The number of ether oxygens (including phenoxy) is 2. The molecule has 2 N–H and O–H groups in total. The van der Waals surface area contributed by atoms with Crippen LogP contribution in [0.25, 0.3) is 16.6 Å². The summed E-state index contributed by atoms with van der Waals surface area (Å²) in [4.78, 5) is 12.9. The predicted octanol–water partition coefficient (Wildman–Crippen LogP) is 3.89. The van der Waals surface area contributed by atoms with Gasteiger partial charge in [-0.2, -0.15) is 5.10 Å². The first-order valence-electron chi connectivity index (χ1n) is 10.0. The highest BCUT2D eigenvalue weighted by molar-refractivity contribution is 5.95. The van der Waals surface area contributed by atoms with Crippen LogP contribution in [0.5, 0.6) is 17.2 Å². The summed E-state index contributed by atoms with van der Waals surface area (Å²) in [6.45, 7) is 2.10. The van der Waals surface area contributed by atoms with Crippen molar-refractivity contribution in [3.63, 3.8) is 0 Å². The van der Waals surface area contributed by atoms with Gasteiger partial charge in [-0.15, -0.1) is 0 Å². The molecule has 5 rings (SSSR count). The second-order valence-corrected chi connectivity index (χ2v) is 7.08. The maximum absolute atomic E-state index is 9.12. The Balaban J connectivity index is 1.41. The van der Waals surface area contributed by atoms with E-state index in [2.05, 4.69) is 25.4 Å². The summed E-state index contributed by atoms with van der Waals surface area (Å²) in [5, 5.41) is 17.3. The van der Waals surface area contributed by atoms with Crippen molar-refractivity contribution in [1.82, 2.24) is 24.6 Å². The maximum Gasteiger partial charge on any atom is 0.158 e. The highest BCUT2D eigenvalue weighted by Crippen LogP contribution is 2.33. The smallest absolute Gasteiger partial charge is 0.158 e. The molecule has 0 saturated heterocycles. The van der Waals surface area contributed by atoms with Gasteiger partial charge in [0, 0.05) is 18.0 Å². The van der Waals surface area contributed by atoms with Crippen LogP contribution >= 0.6 is 0 Å². The number of nitrogens with zero attached hydrogens (tertiary/aromatic N) is 5. The summed E-state index contributed by atoms with van der Waals surface area (Å²) in [5.74, 6) is 2.65. The number of aliphatic hydroxyl groups is 1. The Morgan fingerprint density at radius 3 is 2.81 bits per heavy atom. The number of aryl methyl sites for hydroxylation is 1. The summed E-state index contributed by atoms with van der Waals surface area (Å²) in [5.41, 5.74) is 3.26. The van der Waals surface area contributed by atoms with Gasteiger partial charge in [0.05, 0.1) is 17.5 Å². The molecule has 0 atom stereocenters. The van der Waals surface area contributed by atoms with Crippen LogP contribution in [-0.2, 0) is 0 Å². The van der Waals surface area contributed by atoms with E-state index >= 15 is 0 Å². The normalized spacial score (nSPS) is 11.1. The minimum Gasteiger partial charge on any atom is -0.490 e. The van der Waals surface area contributed by atoms with Gasteiger partial charge >= 0.3 is 0 Å². The second-order valence-electron chi connectivity index (χ2n) is 7.08. The molecule has 0 fully saturated rings. The zero-order chi connectivity index (χ0) is 21.9. The van der Waals surface area contributed by atoms with Crippen molar-refractivity contribution in [2.75, 3.05) is 18.5 Å². The Morgan fingerprint density at radius 1 is 1.00 bits per heavy atom. The lowest BCUT2D eigenvalue weighted by atomic mass is 10.1. The van der Waals surface area contributed by atoms with Crippen molar-refractivity contribution in [1.29, 1.82) is 0 Å². The van der Waals surface area contributed by atoms with Gasteiger partial charge in [-0.25, -0.2) is 19.5 Å². The molecular weight excluding hydrogens is 408 g/mol. The van der Waals surface area contributed by atoms with Crippen LogP contribution in [0.15, 0.2) is 67.4 Å². The largest absolute Gasteiger partial charge is 0.490 e. The molecule has 3 aromatic heterocycles. The average Bonchev–Trinajstić information content (AvgIpc) is 3.27. The number of rotatable bonds is 7. The molecule has 0 bridgehead atoms. The van der Waals surface area contributed by atoms with Gasteiger partial charge in [0.1, 0.15) is 42.3 Å². The van der Waals surface area contributed by atoms with Crippen LogP contribution in [-0.4, -0.2) is 42.9 Å². The molecule has 0 aliphatic heterocycles. The monoisotopic (exact) mass is 428 g/mol. The van der Waals surface area contributed by atoms with Crippen LogP contribution in [0.4, 0.5) is 11.5 Å². The molecule has 3 heterocycles. The molecular formula is C23H20N6O3. The number of hydrogen-bond acceptors (Lipinski definition) is 8. The summed E-state index contributed by atoms with van der Waals surface area (Å²) < 4.78 is 13.4. The van der Waals surface area contributed by atoms with Crippen molar-refractivity contribution in [3.8, 4) is 17.2 Å². The minimum absolute atomic E-state index is 0.0719. The molecule has 0 radical (unpaired) electrons. The molecule has 0 aliphatic carbocycles. The average molecular weight is 428 g/mol. The quantitative estimate of drug-likeness (QED) is 0.402. The van der Waals surface area contributed by atoms with E-state index in [4.69, 9.17) is 14.6 Å². The van der Waals surface area contributed by atoms with E-state index in [1.807, 2.05) is 55.5 Å². The lowest BCUT2D eigenvalue weighted by Gasteiger charge is -2.14. The number of pyridine rings is 1. The molecule has 9 nitrogen and oxygen atoms in total. The van der Waals surface area contributed by atoms with Crippen molar-refractivity contribution < 1.29 is 14.6 Å². The van der Waals surface area contributed by atoms with Crippen molar-refractivity contribution in [2.24, 2.45) is 0 Å². The molecule has 0 spiro atoms. The maximum atomic E-state index is 9.12. The second kappa shape index (κ2) is 8.48. The van der Waals surface area contributed by atoms with E-state index in [-0.39, 0.29) is 13.2 Å². The number of aliphatic hydroxyl groups excluding tert-OH is 1. The highest BCUT2D eigenvalue weighted by Gasteiger charge is 2.11. The van der Waals surface area contributed by atoms with Gasteiger partial charge in [0.25, 0.3) is 0 Å². The number of anilines is 2. The van der Waals surface area contributed by atoms with Crippen molar-refractivity contribution in [3.05, 3.63) is 72.9 Å². The van der Waals surface area contributed by atoms with Crippen LogP contribution in [0, 0.1) is 6.92 Å². The van der Waals surface area contributed by atoms with Gasteiger partial charge in [0.2, 0.25) is 0 Å². The first kappa shape index (κ1) is 19.7. The van der Waals surface area contributed by atoms with Gasteiger partial charge in [-0.3, -0.25) is 0 Å². The lowest BCUT2D eigenvalue weighted by Crippen LogP contribution is -2.04. The third-order valence-electron chi connectivity index (χ3n) is 4.89. The summed E-state index contributed by atoms with van der Waals surface area (Å²) in [7, 11) is 0. The van der Waals surface area contributed by atoms with Gasteiger partial charge in [-0.05, 0) is 48.9 Å². The Labute approximate surface area is 183 Å². The summed E-state index contributed by atoms with van der Waals surface area (Å²) in [6, 6.07) is 15.1. The third-order valence-corrected chi connectivity index (χ3v) is 4.89. The molecule has 2 aromatic carbocycles. The molecule has 9 heteroatoms. The van der Waals surface area contributed by atoms with Crippen molar-refractivity contribution in [2.45, 2.75) is 6.92 Å². The van der Waals surface area contributed by atoms with E-state index in [0.29, 0.717) is 23.0 Å². The van der Waals surface area contributed by atoms with Crippen LogP contribution in [0.2, 0.25) is 0 Å². The standard InChI is InChI=1S/C23H20N6O3/c1-15-11-16(5-6-19(15)32-17-7-8-29-21(12-17)25-14-27-29)28-23-22-18(24-13-26-23)3-2-4-20(22)31-10-9-30/h2-8,11-14,30H,9-10H2,1H3,(H,24,26,28).